The van der Waals surface area contributed by atoms with E-state index in [1.54, 1.807) is 0 Å². The molecule has 0 spiro atoms. The number of benzene rings is 2. The molecule has 4 heterocycles. The Hall–Kier alpha value is -4.50. The van der Waals surface area contributed by atoms with Crippen LogP contribution in [-0.2, 0) is 9.59 Å². The number of carbonyl (C=O) groups excluding carboxylic acids is 2. The van der Waals surface area contributed by atoms with E-state index in [0.717, 1.165) is 33.3 Å². The van der Waals surface area contributed by atoms with Gasteiger partial charge in [-0.05, 0) is 86.6 Å². The van der Waals surface area contributed by atoms with Crippen LogP contribution in [0.4, 0.5) is 5.13 Å². The first kappa shape index (κ1) is 28.6. The van der Waals surface area contributed by atoms with Crippen molar-refractivity contribution in [2.45, 2.75) is 54.0 Å². The summed E-state index contributed by atoms with van der Waals surface area (Å²) in [6.45, 7) is 12.6. The number of rotatable bonds is 7. The van der Waals surface area contributed by atoms with Crippen LogP contribution in [0.1, 0.15) is 60.0 Å². The second kappa shape index (κ2) is 11.0. The third kappa shape index (κ3) is 4.97. The fourth-order valence-electron chi connectivity index (χ4n) is 5.67. The van der Waals surface area contributed by atoms with E-state index in [4.69, 9.17) is 14.7 Å². The number of amides is 1. The molecular weight excluding hydrogens is 560 g/mol. The number of aliphatic hydroxyl groups is 1. The van der Waals surface area contributed by atoms with Crippen LogP contribution in [0.5, 0.6) is 5.75 Å². The van der Waals surface area contributed by atoms with Crippen LogP contribution < -0.4 is 9.64 Å². The smallest absolute Gasteiger partial charge is 0.301 e. The zero-order valence-electron chi connectivity index (χ0n) is 25.1. The zero-order chi connectivity index (χ0) is 30.6. The minimum Gasteiger partial charge on any atom is -0.505 e. The highest BCUT2D eigenvalue weighted by molar-refractivity contribution is 7.22. The third-order valence-corrected chi connectivity index (χ3v) is 8.92. The molecule has 5 aromatic rings. The van der Waals surface area contributed by atoms with Gasteiger partial charge in [0.1, 0.15) is 17.1 Å². The number of aliphatic hydroxyl groups excluding tert-OH is 1. The molecule has 0 aliphatic carbocycles. The molecule has 8 nitrogen and oxygen atoms in total. The molecule has 1 fully saturated rings. The van der Waals surface area contributed by atoms with Crippen LogP contribution in [0.2, 0.25) is 0 Å². The number of nitrogens with zero attached hydrogens (tertiary/aromatic N) is 4. The van der Waals surface area contributed by atoms with Crippen LogP contribution >= 0.6 is 11.3 Å². The monoisotopic (exact) mass is 594 g/mol. The lowest BCUT2D eigenvalue weighted by Crippen LogP contribution is -2.29. The van der Waals surface area contributed by atoms with E-state index < -0.39 is 17.7 Å². The molecule has 0 bridgehead atoms. The van der Waals surface area contributed by atoms with Crippen LogP contribution in [0.15, 0.2) is 60.3 Å². The Morgan fingerprint density at radius 3 is 2.56 bits per heavy atom. The van der Waals surface area contributed by atoms with E-state index in [1.165, 1.54) is 16.2 Å². The number of ether oxygens (including phenoxy) is 1. The van der Waals surface area contributed by atoms with Gasteiger partial charge >= 0.3 is 5.91 Å². The Morgan fingerprint density at radius 1 is 1.02 bits per heavy atom. The Balaban J connectivity index is 1.55. The Labute approximate surface area is 254 Å². The fraction of sp³-hybridized carbons (Fsp3) is 0.294. The number of anilines is 1. The van der Waals surface area contributed by atoms with Crippen molar-refractivity contribution in [2.24, 2.45) is 5.92 Å². The molecule has 1 aliphatic rings. The highest BCUT2D eigenvalue weighted by Gasteiger charge is 2.48. The van der Waals surface area contributed by atoms with Gasteiger partial charge in [0, 0.05) is 6.20 Å². The highest BCUT2D eigenvalue weighted by atomic mass is 32.1. The van der Waals surface area contributed by atoms with Gasteiger partial charge in [0.25, 0.3) is 5.78 Å². The molecule has 0 saturated carbocycles. The summed E-state index contributed by atoms with van der Waals surface area (Å²) < 4.78 is 8.84. The number of fused-ring (bicyclic) bond motifs is 2. The average Bonchev–Trinajstić information content (AvgIpc) is 3.61. The summed E-state index contributed by atoms with van der Waals surface area (Å²) in [7, 11) is 0. The predicted molar refractivity (Wildman–Crippen MR) is 170 cm³/mol. The van der Waals surface area contributed by atoms with Crippen LogP contribution in [0.25, 0.3) is 21.6 Å². The minimum atomic E-state index is -0.930. The highest BCUT2D eigenvalue weighted by Crippen LogP contribution is 2.45. The molecule has 1 amide bonds. The van der Waals surface area contributed by atoms with Crippen molar-refractivity contribution in [2.75, 3.05) is 11.5 Å². The van der Waals surface area contributed by atoms with E-state index in [9.17, 15) is 14.7 Å². The Bertz CT molecular complexity index is 1950. The number of ketones is 1. The van der Waals surface area contributed by atoms with Gasteiger partial charge in [0.2, 0.25) is 0 Å². The van der Waals surface area contributed by atoms with Crippen molar-refractivity contribution in [1.29, 1.82) is 0 Å². The van der Waals surface area contributed by atoms with Gasteiger partial charge in [-0.1, -0.05) is 49.4 Å². The van der Waals surface area contributed by atoms with Crippen molar-refractivity contribution < 1.29 is 19.4 Å². The number of hydrogen-bond acceptors (Lipinski definition) is 7. The maximum absolute atomic E-state index is 13.9. The fourth-order valence-corrected chi connectivity index (χ4v) is 6.84. The number of Topliss-reactive ketones (excluding diaryl/α,β-unsaturated/α-hetero) is 1. The van der Waals surface area contributed by atoms with Crippen molar-refractivity contribution in [3.8, 4) is 5.75 Å². The number of aryl methyl sites for hydroxylation is 4. The number of carbonyl (C=O) groups is 2. The summed E-state index contributed by atoms with van der Waals surface area (Å²) >= 11 is 1.35. The number of hydrogen-bond donors (Lipinski definition) is 1. The number of pyridine rings is 1. The lowest BCUT2D eigenvalue weighted by atomic mass is 9.96. The van der Waals surface area contributed by atoms with Crippen molar-refractivity contribution in [3.05, 3.63) is 93.9 Å². The molecule has 1 saturated heterocycles. The zero-order valence-corrected chi connectivity index (χ0v) is 26.0. The average molecular weight is 595 g/mol. The van der Waals surface area contributed by atoms with E-state index in [1.807, 2.05) is 86.8 Å². The number of thiazole rings is 1. The van der Waals surface area contributed by atoms with E-state index >= 15 is 0 Å². The quantitative estimate of drug-likeness (QED) is 0.121. The maximum Gasteiger partial charge on any atom is 0.301 e. The second-order valence-corrected chi connectivity index (χ2v) is 12.6. The lowest BCUT2D eigenvalue weighted by Gasteiger charge is -2.23. The van der Waals surface area contributed by atoms with Gasteiger partial charge in [-0.2, -0.15) is 0 Å². The second-order valence-electron chi connectivity index (χ2n) is 11.6. The van der Waals surface area contributed by atoms with Crippen molar-refractivity contribution in [3.63, 3.8) is 0 Å². The van der Waals surface area contributed by atoms with E-state index in [0.29, 0.717) is 40.3 Å². The maximum atomic E-state index is 13.9. The predicted octanol–water partition coefficient (Wildman–Crippen LogP) is 7.23. The molecule has 220 valence electrons. The summed E-state index contributed by atoms with van der Waals surface area (Å²) in [4.78, 5) is 38.7. The molecule has 9 heteroatoms. The molecule has 1 N–H and O–H groups in total. The molecular formula is C34H34N4O4S. The lowest BCUT2D eigenvalue weighted by molar-refractivity contribution is -0.132. The SMILES string of the molecule is Cc1cc(C)c2nc(N3C(=O)C(=O)C(=C(O)c4nc5c(C)cccn5c4C)C3c3cccc(OCCC(C)C)c3)sc2c1. The normalized spacial score (nSPS) is 16.7. The molecule has 1 unspecified atom stereocenters. The van der Waals surface area contributed by atoms with Gasteiger partial charge in [-0.25, -0.2) is 9.97 Å². The number of imidazole rings is 1. The largest absolute Gasteiger partial charge is 0.505 e. The molecule has 43 heavy (non-hydrogen) atoms. The first-order valence-electron chi connectivity index (χ1n) is 14.4. The molecule has 6 rings (SSSR count). The summed E-state index contributed by atoms with van der Waals surface area (Å²) in [5, 5.41) is 12.2. The van der Waals surface area contributed by atoms with Gasteiger partial charge in [-0.3, -0.25) is 14.5 Å². The topological polar surface area (TPSA) is 97.0 Å². The third-order valence-electron chi connectivity index (χ3n) is 7.92. The van der Waals surface area contributed by atoms with Crippen molar-refractivity contribution in [1.82, 2.24) is 14.4 Å². The van der Waals surface area contributed by atoms with Gasteiger partial charge in [-0.15, -0.1) is 0 Å². The summed E-state index contributed by atoms with van der Waals surface area (Å²) in [6, 6.07) is 14.4. The van der Waals surface area contributed by atoms with Crippen molar-refractivity contribution >= 4 is 49.8 Å². The molecule has 1 aliphatic heterocycles. The molecule has 3 aromatic heterocycles. The van der Waals surface area contributed by atoms with Gasteiger partial charge in [0.15, 0.2) is 10.9 Å². The van der Waals surface area contributed by atoms with Crippen LogP contribution in [-0.4, -0.2) is 37.8 Å². The Morgan fingerprint density at radius 2 is 1.81 bits per heavy atom. The Kier molecular flexibility index (Phi) is 7.30. The van der Waals surface area contributed by atoms with Gasteiger partial charge < -0.3 is 14.2 Å². The summed E-state index contributed by atoms with van der Waals surface area (Å²) in [5.74, 6) is -0.735. The number of aromatic nitrogens is 3. The first-order chi connectivity index (χ1) is 20.5. The first-order valence-corrected chi connectivity index (χ1v) is 15.2. The summed E-state index contributed by atoms with van der Waals surface area (Å²) in [5.41, 5.74) is 5.98. The van der Waals surface area contributed by atoms with E-state index in [-0.39, 0.29) is 17.0 Å². The standard InChI is InChI=1S/C34H34N4O4S/c1-18(2)12-14-42-24-11-7-10-23(17-24)29-26(30(39)28-22(6)37-13-8-9-20(4)32(37)35-28)31(40)33(41)38(29)34-36-27-21(5)15-19(3)16-25(27)43-34/h7-11,13,15-18,29,39H,12,14H2,1-6H3. The van der Waals surface area contributed by atoms with Crippen LogP contribution in [0, 0.1) is 33.6 Å². The van der Waals surface area contributed by atoms with E-state index in [2.05, 4.69) is 13.8 Å². The minimum absolute atomic E-state index is 0.0272. The molecule has 0 radical (unpaired) electrons. The van der Waals surface area contributed by atoms with Crippen LogP contribution in [0.3, 0.4) is 0 Å². The molecule has 1 atom stereocenters. The summed E-state index contributed by atoms with van der Waals surface area (Å²) in [6.07, 6.45) is 2.75. The molecule has 2 aromatic carbocycles. The van der Waals surface area contributed by atoms with Gasteiger partial charge in [0.05, 0.1) is 34.1 Å².